The van der Waals surface area contributed by atoms with Crippen LogP contribution in [0.4, 0.5) is 0 Å². The second kappa shape index (κ2) is 6.45. The predicted molar refractivity (Wildman–Crippen MR) is 85.4 cm³/mol. The molecule has 1 aromatic rings. The highest BCUT2D eigenvalue weighted by molar-refractivity contribution is 7.89. The highest BCUT2D eigenvalue weighted by Crippen LogP contribution is 2.28. The van der Waals surface area contributed by atoms with Crippen molar-refractivity contribution in [3.63, 3.8) is 0 Å². The fourth-order valence-electron chi connectivity index (χ4n) is 3.42. The largest absolute Gasteiger partial charge is 0.391 e. The fraction of sp³-hybridized carbons (Fsp3) is 0.600. The van der Waals surface area contributed by atoms with Crippen LogP contribution in [0.5, 0.6) is 0 Å². The summed E-state index contributed by atoms with van der Waals surface area (Å²) in [6.07, 6.45) is 2.62. The van der Waals surface area contributed by atoms with Crippen molar-refractivity contribution in [2.24, 2.45) is 0 Å². The van der Waals surface area contributed by atoms with Gasteiger partial charge < -0.3 is 5.11 Å². The van der Waals surface area contributed by atoms with E-state index in [4.69, 9.17) is 11.6 Å². The molecule has 1 aliphatic heterocycles. The molecule has 22 heavy (non-hydrogen) atoms. The SMILES string of the molecule is O=S(=O)(c1ccccc1Cl)N1CCN(C2CCCC2O)CC1. The second-order valence-electron chi connectivity index (χ2n) is 5.94. The van der Waals surface area contributed by atoms with E-state index in [1.807, 2.05) is 0 Å². The van der Waals surface area contributed by atoms with Crippen molar-refractivity contribution in [1.82, 2.24) is 9.21 Å². The highest BCUT2D eigenvalue weighted by Gasteiger charge is 2.35. The van der Waals surface area contributed by atoms with Crippen LogP contribution in [0.25, 0.3) is 0 Å². The van der Waals surface area contributed by atoms with Gasteiger partial charge in [0, 0.05) is 32.2 Å². The van der Waals surface area contributed by atoms with Crippen LogP contribution >= 0.6 is 11.6 Å². The van der Waals surface area contributed by atoms with E-state index in [-0.39, 0.29) is 22.1 Å². The van der Waals surface area contributed by atoms with E-state index in [1.54, 1.807) is 24.3 Å². The van der Waals surface area contributed by atoms with Gasteiger partial charge in [0.25, 0.3) is 0 Å². The van der Waals surface area contributed by atoms with Gasteiger partial charge in [-0.1, -0.05) is 23.7 Å². The molecule has 7 heteroatoms. The molecule has 2 aliphatic rings. The zero-order chi connectivity index (χ0) is 15.7. The van der Waals surface area contributed by atoms with Gasteiger partial charge in [-0.25, -0.2) is 8.42 Å². The Morgan fingerprint density at radius 1 is 1.09 bits per heavy atom. The normalized spacial score (nSPS) is 28.1. The van der Waals surface area contributed by atoms with Crippen molar-refractivity contribution in [2.75, 3.05) is 26.2 Å². The fourth-order valence-corrected chi connectivity index (χ4v) is 5.33. The summed E-state index contributed by atoms with van der Waals surface area (Å²) in [6, 6.07) is 6.74. The van der Waals surface area contributed by atoms with Crippen LogP contribution in [-0.4, -0.2) is 61.1 Å². The summed E-state index contributed by atoms with van der Waals surface area (Å²) in [5, 5.41) is 10.3. The molecule has 0 bridgehead atoms. The summed E-state index contributed by atoms with van der Waals surface area (Å²) in [4.78, 5) is 2.39. The number of hydrogen-bond donors (Lipinski definition) is 1. The summed E-state index contributed by atoms with van der Waals surface area (Å²) < 4.78 is 26.8. The average Bonchev–Trinajstić information content (AvgIpc) is 2.94. The Bertz CT molecular complexity index is 629. The first-order valence-corrected chi connectivity index (χ1v) is 9.49. The van der Waals surface area contributed by atoms with Gasteiger partial charge in [-0.15, -0.1) is 0 Å². The molecule has 1 aromatic carbocycles. The van der Waals surface area contributed by atoms with Gasteiger partial charge in [-0.3, -0.25) is 4.90 Å². The monoisotopic (exact) mass is 344 g/mol. The maximum atomic E-state index is 12.7. The molecule has 1 N–H and O–H groups in total. The summed E-state index contributed by atoms with van der Waals surface area (Å²) in [6.45, 7) is 2.20. The molecular formula is C15H21ClN2O3S. The van der Waals surface area contributed by atoms with Crippen molar-refractivity contribution in [3.05, 3.63) is 29.3 Å². The highest BCUT2D eigenvalue weighted by atomic mass is 35.5. The molecule has 1 saturated carbocycles. The van der Waals surface area contributed by atoms with Gasteiger partial charge >= 0.3 is 0 Å². The molecule has 122 valence electrons. The predicted octanol–water partition coefficient (Wildman–Crippen LogP) is 1.56. The topological polar surface area (TPSA) is 60.9 Å². The van der Waals surface area contributed by atoms with Crippen molar-refractivity contribution in [2.45, 2.75) is 36.3 Å². The lowest BCUT2D eigenvalue weighted by atomic mass is 10.1. The van der Waals surface area contributed by atoms with Crippen molar-refractivity contribution in [1.29, 1.82) is 0 Å². The number of piperazine rings is 1. The van der Waals surface area contributed by atoms with Gasteiger partial charge in [0.05, 0.1) is 11.1 Å². The molecule has 2 fully saturated rings. The van der Waals surface area contributed by atoms with Crippen LogP contribution in [0, 0.1) is 0 Å². The molecule has 1 saturated heterocycles. The Hall–Kier alpha value is -0.660. The van der Waals surface area contributed by atoms with Crippen molar-refractivity contribution in [3.8, 4) is 0 Å². The van der Waals surface area contributed by atoms with E-state index in [9.17, 15) is 13.5 Å². The molecule has 2 atom stereocenters. The first kappa shape index (κ1) is 16.2. The van der Waals surface area contributed by atoms with Crippen LogP contribution < -0.4 is 0 Å². The van der Waals surface area contributed by atoms with Crippen molar-refractivity contribution >= 4 is 21.6 Å². The van der Waals surface area contributed by atoms with Gasteiger partial charge in [-0.2, -0.15) is 4.31 Å². The lowest BCUT2D eigenvalue weighted by Gasteiger charge is -2.38. The van der Waals surface area contributed by atoms with Crippen LogP contribution in [0.2, 0.25) is 5.02 Å². The molecule has 0 spiro atoms. The third-order valence-electron chi connectivity index (χ3n) is 4.64. The number of benzene rings is 1. The number of aliphatic hydroxyl groups excluding tert-OH is 1. The smallest absolute Gasteiger partial charge is 0.244 e. The van der Waals surface area contributed by atoms with E-state index in [2.05, 4.69) is 4.90 Å². The summed E-state index contributed by atoms with van der Waals surface area (Å²) >= 11 is 6.03. The van der Waals surface area contributed by atoms with Gasteiger partial charge in [-0.05, 0) is 31.4 Å². The average molecular weight is 345 g/mol. The minimum atomic E-state index is -3.54. The molecule has 1 heterocycles. The molecule has 5 nitrogen and oxygen atoms in total. The lowest BCUT2D eigenvalue weighted by Crippen LogP contribution is -2.53. The van der Waals surface area contributed by atoms with Crippen LogP contribution in [0.3, 0.4) is 0 Å². The summed E-state index contributed by atoms with van der Waals surface area (Å²) in [7, 11) is -3.54. The maximum absolute atomic E-state index is 12.7. The number of hydrogen-bond acceptors (Lipinski definition) is 4. The Morgan fingerprint density at radius 3 is 2.36 bits per heavy atom. The number of rotatable bonds is 3. The van der Waals surface area contributed by atoms with Crippen molar-refractivity contribution < 1.29 is 13.5 Å². The third kappa shape index (κ3) is 3.03. The summed E-state index contributed by atoms with van der Waals surface area (Å²) in [5.74, 6) is 0. The number of sulfonamides is 1. The molecule has 0 amide bonds. The van der Waals surface area contributed by atoms with E-state index in [0.717, 1.165) is 19.3 Å². The van der Waals surface area contributed by atoms with Gasteiger partial charge in [0.2, 0.25) is 10.0 Å². The zero-order valence-corrected chi connectivity index (χ0v) is 13.9. The van der Waals surface area contributed by atoms with E-state index in [1.165, 1.54) is 4.31 Å². The van der Waals surface area contributed by atoms with Gasteiger partial charge in [0.1, 0.15) is 4.90 Å². The maximum Gasteiger partial charge on any atom is 0.244 e. The molecule has 1 aliphatic carbocycles. The second-order valence-corrected chi connectivity index (χ2v) is 8.25. The number of halogens is 1. The Balaban J connectivity index is 1.69. The minimum Gasteiger partial charge on any atom is -0.391 e. The third-order valence-corrected chi connectivity index (χ3v) is 7.04. The number of nitrogens with zero attached hydrogens (tertiary/aromatic N) is 2. The first-order valence-electron chi connectivity index (χ1n) is 7.67. The van der Waals surface area contributed by atoms with Crippen LogP contribution in [0.1, 0.15) is 19.3 Å². The molecule has 0 radical (unpaired) electrons. The molecular weight excluding hydrogens is 324 g/mol. The quantitative estimate of drug-likeness (QED) is 0.904. The standard InChI is InChI=1S/C15H21ClN2O3S/c16-12-4-1-2-7-15(12)22(20,21)18-10-8-17(9-11-18)13-5-3-6-14(13)19/h1-2,4,7,13-14,19H,3,5-6,8-11H2. The summed E-state index contributed by atoms with van der Waals surface area (Å²) in [5.41, 5.74) is 0. The first-order chi connectivity index (χ1) is 10.5. The van der Waals surface area contributed by atoms with E-state index in [0.29, 0.717) is 26.2 Å². The van der Waals surface area contributed by atoms with Crippen LogP contribution in [0.15, 0.2) is 29.2 Å². The zero-order valence-electron chi connectivity index (χ0n) is 12.4. The Labute approximate surface area is 136 Å². The van der Waals surface area contributed by atoms with Crippen LogP contribution in [-0.2, 0) is 10.0 Å². The molecule has 3 rings (SSSR count). The van der Waals surface area contributed by atoms with Gasteiger partial charge in [0.15, 0.2) is 0 Å². The lowest BCUT2D eigenvalue weighted by molar-refractivity contribution is 0.0512. The Morgan fingerprint density at radius 2 is 1.77 bits per heavy atom. The molecule has 2 unspecified atom stereocenters. The minimum absolute atomic E-state index is 0.172. The molecule has 0 aromatic heterocycles. The van der Waals surface area contributed by atoms with E-state index >= 15 is 0 Å². The van der Waals surface area contributed by atoms with E-state index < -0.39 is 10.0 Å². The number of aliphatic hydroxyl groups is 1. The Kier molecular flexibility index (Phi) is 4.75.